The first-order valence-electron chi connectivity index (χ1n) is 10.8. The van der Waals surface area contributed by atoms with Gasteiger partial charge in [0.05, 0.1) is 29.9 Å². The molecule has 0 radical (unpaired) electrons. The van der Waals surface area contributed by atoms with Crippen LogP contribution in [0.3, 0.4) is 0 Å². The number of aromatic amines is 1. The van der Waals surface area contributed by atoms with E-state index in [1.54, 1.807) is 0 Å². The van der Waals surface area contributed by atoms with Gasteiger partial charge in [-0.15, -0.1) is 0 Å². The van der Waals surface area contributed by atoms with Gasteiger partial charge in [0.25, 0.3) is 0 Å². The summed E-state index contributed by atoms with van der Waals surface area (Å²) in [6.07, 6.45) is 0. The second kappa shape index (κ2) is 10.7. The lowest BCUT2D eigenvalue weighted by molar-refractivity contribution is -0.130. The summed E-state index contributed by atoms with van der Waals surface area (Å²) in [4.78, 5) is 36.4. The van der Waals surface area contributed by atoms with E-state index in [9.17, 15) is 14.0 Å². The van der Waals surface area contributed by atoms with Crippen LogP contribution in [-0.4, -0.2) is 76.7 Å². The number of fused-ring (bicyclic) bond motifs is 1. The second-order valence-corrected chi connectivity index (χ2v) is 8.62. The van der Waals surface area contributed by atoms with Crippen molar-refractivity contribution in [1.29, 1.82) is 0 Å². The molecule has 1 fully saturated rings. The van der Waals surface area contributed by atoms with E-state index in [2.05, 4.69) is 15.3 Å². The van der Waals surface area contributed by atoms with Gasteiger partial charge in [-0.2, -0.15) is 0 Å². The summed E-state index contributed by atoms with van der Waals surface area (Å²) in [6, 6.07) is 11.4. The first kappa shape index (κ1) is 23.1. The fraction of sp³-hybridized carbons (Fsp3) is 0.348. The van der Waals surface area contributed by atoms with Crippen molar-refractivity contribution >= 4 is 40.3 Å². The predicted octanol–water partition coefficient (Wildman–Crippen LogP) is 2.98. The van der Waals surface area contributed by atoms with Gasteiger partial charge in [0.2, 0.25) is 11.8 Å². The highest BCUT2D eigenvalue weighted by molar-refractivity contribution is 7.99. The average Bonchev–Trinajstić information content (AvgIpc) is 3.22. The Bertz CT molecular complexity index is 1110. The van der Waals surface area contributed by atoms with Gasteiger partial charge in [-0.25, -0.2) is 9.37 Å². The van der Waals surface area contributed by atoms with Gasteiger partial charge in [0, 0.05) is 37.9 Å². The van der Waals surface area contributed by atoms with Gasteiger partial charge in [-0.1, -0.05) is 11.8 Å². The van der Waals surface area contributed by atoms with Crippen LogP contribution in [0.1, 0.15) is 6.92 Å². The number of hydrogen-bond acceptors (Lipinski definition) is 6. The number of H-pyrrole nitrogens is 1. The molecule has 8 nitrogen and oxygen atoms in total. The van der Waals surface area contributed by atoms with Crippen LogP contribution in [-0.2, 0) is 9.59 Å². The standard InChI is InChI=1S/C23H26FN5O3S/c1-2-32-18-7-8-19-20(13-18)27-23(26-19)33-15-22(31)29-11-9-28(10-12-29)14-21(30)25-17-5-3-16(24)4-6-17/h3-8,13H,2,9-12,14-15H2,1H3,(H,25,30)(H,26,27). The Labute approximate surface area is 195 Å². The van der Waals surface area contributed by atoms with Crippen molar-refractivity contribution in [2.75, 3.05) is 50.4 Å². The molecule has 0 atom stereocenters. The fourth-order valence-corrected chi connectivity index (χ4v) is 4.39. The number of nitrogens with zero attached hydrogens (tertiary/aromatic N) is 3. The number of piperazine rings is 1. The van der Waals surface area contributed by atoms with Crippen LogP contribution in [0.25, 0.3) is 11.0 Å². The normalized spacial score (nSPS) is 14.4. The van der Waals surface area contributed by atoms with E-state index in [4.69, 9.17) is 4.74 Å². The van der Waals surface area contributed by atoms with Gasteiger partial charge < -0.3 is 19.9 Å². The molecule has 2 aromatic carbocycles. The topological polar surface area (TPSA) is 90.6 Å². The molecule has 174 valence electrons. The smallest absolute Gasteiger partial charge is 0.238 e. The third-order valence-corrected chi connectivity index (χ3v) is 6.15. The van der Waals surface area contributed by atoms with Gasteiger partial charge in [-0.05, 0) is 43.3 Å². The largest absolute Gasteiger partial charge is 0.494 e. The van der Waals surface area contributed by atoms with E-state index in [0.29, 0.717) is 49.4 Å². The van der Waals surface area contributed by atoms with Gasteiger partial charge >= 0.3 is 0 Å². The fourth-order valence-electron chi connectivity index (χ4n) is 3.60. The molecule has 2 heterocycles. The number of ether oxygens (including phenoxy) is 1. The summed E-state index contributed by atoms with van der Waals surface area (Å²) in [5, 5.41) is 3.46. The first-order chi connectivity index (χ1) is 16.0. The highest BCUT2D eigenvalue weighted by atomic mass is 32.2. The molecule has 0 saturated carbocycles. The van der Waals surface area contributed by atoms with Crippen LogP contribution in [0.15, 0.2) is 47.6 Å². The van der Waals surface area contributed by atoms with Crippen molar-refractivity contribution in [3.05, 3.63) is 48.3 Å². The summed E-state index contributed by atoms with van der Waals surface area (Å²) in [5.41, 5.74) is 2.27. The molecule has 2 amide bonds. The number of amides is 2. The molecule has 10 heteroatoms. The molecule has 3 aromatic rings. The zero-order chi connectivity index (χ0) is 23.2. The van der Waals surface area contributed by atoms with Crippen LogP contribution >= 0.6 is 11.8 Å². The van der Waals surface area contributed by atoms with Crippen LogP contribution in [0, 0.1) is 5.82 Å². The molecular formula is C23H26FN5O3S. The molecule has 1 aliphatic heterocycles. The Balaban J connectivity index is 1.21. The summed E-state index contributed by atoms with van der Waals surface area (Å²) >= 11 is 1.38. The Hall–Kier alpha value is -3.11. The number of thioether (sulfide) groups is 1. The maximum Gasteiger partial charge on any atom is 0.238 e. The molecule has 4 rings (SSSR count). The molecule has 1 aliphatic rings. The van der Waals surface area contributed by atoms with E-state index >= 15 is 0 Å². The second-order valence-electron chi connectivity index (χ2n) is 7.65. The molecule has 0 unspecified atom stereocenters. The SMILES string of the molecule is CCOc1ccc2nc(SCC(=O)N3CCN(CC(=O)Nc4ccc(F)cc4)CC3)[nH]c2c1. The number of benzene rings is 2. The number of aromatic nitrogens is 2. The van der Waals surface area contributed by atoms with Crippen molar-refractivity contribution in [2.45, 2.75) is 12.1 Å². The molecular weight excluding hydrogens is 445 g/mol. The number of nitrogens with one attached hydrogen (secondary N) is 2. The maximum atomic E-state index is 13.0. The lowest BCUT2D eigenvalue weighted by atomic mass is 10.3. The number of rotatable bonds is 8. The molecule has 2 N–H and O–H groups in total. The van der Waals surface area contributed by atoms with E-state index < -0.39 is 0 Å². The predicted molar refractivity (Wildman–Crippen MR) is 126 cm³/mol. The summed E-state index contributed by atoms with van der Waals surface area (Å²) in [5.74, 6) is 0.622. The number of anilines is 1. The number of imidazole rings is 1. The van der Waals surface area contributed by atoms with E-state index in [-0.39, 0.29) is 24.2 Å². The third-order valence-electron chi connectivity index (χ3n) is 5.30. The highest BCUT2D eigenvalue weighted by Gasteiger charge is 2.23. The highest BCUT2D eigenvalue weighted by Crippen LogP contribution is 2.23. The van der Waals surface area contributed by atoms with Crippen molar-refractivity contribution in [2.24, 2.45) is 0 Å². The van der Waals surface area contributed by atoms with Gasteiger partial charge in [0.15, 0.2) is 5.16 Å². The minimum absolute atomic E-state index is 0.0471. The molecule has 1 saturated heterocycles. The van der Waals surface area contributed by atoms with Crippen LogP contribution in [0.2, 0.25) is 0 Å². The number of carbonyl (C=O) groups is 2. The lowest BCUT2D eigenvalue weighted by Gasteiger charge is -2.34. The maximum absolute atomic E-state index is 13.0. The summed E-state index contributed by atoms with van der Waals surface area (Å²) in [7, 11) is 0. The number of hydrogen-bond donors (Lipinski definition) is 2. The Kier molecular flexibility index (Phi) is 7.46. The minimum Gasteiger partial charge on any atom is -0.494 e. The minimum atomic E-state index is -0.344. The Morgan fingerprint density at radius 2 is 1.91 bits per heavy atom. The van der Waals surface area contributed by atoms with Crippen LogP contribution < -0.4 is 10.1 Å². The van der Waals surface area contributed by atoms with E-state index in [1.165, 1.54) is 36.0 Å². The summed E-state index contributed by atoms with van der Waals surface area (Å²) < 4.78 is 18.5. The van der Waals surface area contributed by atoms with Crippen molar-refractivity contribution in [3.8, 4) is 5.75 Å². The van der Waals surface area contributed by atoms with E-state index in [1.807, 2.05) is 34.9 Å². The third kappa shape index (κ3) is 6.23. The van der Waals surface area contributed by atoms with Crippen LogP contribution in [0.5, 0.6) is 5.75 Å². The first-order valence-corrected chi connectivity index (χ1v) is 11.8. The quantitative estimate of drug-likeness (QED) is 0.491. The van der Waals surface area contributed by atoms with Gasteiger partial charge in [0.1, 0.15) is 11.6 Å². The van der Waals surface area contributed by atoms with Crippen molar-refractivity contribution < 1.29 is 18.7 Å². The monoisotopic (exact) mass is 471 g/mol. The molecule has 0 spiro atoms. The summed E-state index contributed by atoms with van der Waals surface area (Å²) in [6.45, 7) is 5.16. The number of halogens is 1. The molecule has 0 bridgehead atoms. The van der Waals surface area contributed by atoms with Gasteiger partial charge in [-0.3, -0.25) is 14.5 Å². The van der Waals surface area contributed by atoms with Crippen molar-refractivity contribution in [3.63, 3.8) is 0 Å². The van der Waals surface area contributed by atoms with Crippen LogP contribution in [0.4, 0.5) is 10.1 Å². The lowest BCUT2D eigenvalue weighted by Crippen LogP contribution is -2.50. The molecule has 0 aliphatic carbocycles. The zero-order valence-corrected chi connectivity index (χ0v) is 19.2. The van der Waals surface area contributed by atoms with Crippen molar-refractivity contribution in [1.82, 2.24) is 19.8 Å². The average molecular weight is 472 g/mol. The van der Waals surface area contributed by atoms with E-state index in [0.717, 1.165) is 16.8 Å². The zero-order valence-electron chi connectivity index (χ0n) is 18.3. The molecule has 1 aromatic heterocycles. The molecule has 33 heavy (non-hydrogen) atoms. The Morgan fingerprint density at radius 3 is 2.64 bits per heavy atom. The Morgan fingerprint density at radius 1 is 1.15 bits per heavy atom. The number of carbonyl (C=O) groups excluding carboxylic acids is 2.